The quantitative estimate of drug-likeness (QED) is 0.380. The summed E-state index contributed by atoms with van der Waals surface area (Å²) >= 11 is 9.55. The second kappa shape index (κ2) is 10.6. The summed E-state index contributed by atoms with van der Waals surface area (Å²) in [4.78, 5) is 0. The first-order valence-corrected chi connectivity index (χ1v) is 10.5. The Bertz CT molecular complexity index is 933. The molecule has 6 heteroatoms. The average Bonchev–Trinajstić information content (AvgIpc) is 2.72. The Morgan fingerprint density at radius 2 is 1.55 bits per heavy atom. The van der Waals surface area contributed by atoms with Crippen molar-refractivity contribution in [2.24, 2.45) is 0 Å². The largest absolute Gasteiger partial charge is 0.490 e. The molecule has 3 nitrogen and oxygen atoms in total. The van der Waals surface area contributed by atoms with E-state index < -0.39 is 0 Å². The minimum atomic E-state index is -0.230. The molecule has 0 aliphatic heterocycles. The molecule has 0 aliphatic carbocycles. The van der Waals surface area contributed by atoms with Crippen molar-refractivity contribution in [1.82, 2.24) is 5.32 Å². The van der Waals surface area contributed by atoms with Gasteiger partial charge in [0.05, 0.1) is 6.61 Å². The lowest BCUT2D eigenvalue weighted by molar-refractivity contribution is 0.269. The molecule has 0 spiro atoms. The third-order valence-electron chi connectivity index (χ3n) is 4.28. The van der Waals surface area contributed by atoms with Crippen LogP contribution in [0.1, 0.15) is 23.6 Å². The minimum Gasteiger partial charge on any atom is -0.490 e. The van der Waals surface area contributed by atoms with E-state index >= 15 is 0 Å². The van der Waals surface area contributed by atoms with Gasteiger partial charge >= 0.3 is 0 Å². The van der Waals surface area contributed by atoms with Crippen LogP contribution in [-0.4, -0.2) is 6.61 Å². The van der Waals surface area contributed by atoms with Crippen LogP contribution in [0.15, 0.2) is 65.1 Å². The maximum atomic E-state index is 13.0. The molecule has 0 unspecified atom stereocenters. The van der Waals surface area contributed by atoms with Crippen LogP contribution in [0.4, 0.5) is 4.39 Å². The van der Waals surface area contributed by atoms with Crippen LogP contribution in [0.2, 0.25) is 5.02 Å². The smallest absolute Gasteiger partial charge is 0.162 e. The summed E-state index contributed by atoms with van der Waals surface area (Å²) in [5.74, 6) is 1.14. The fraction of sp³-hybridized carbons (Fsp3) is 0.217. The van der Waals surface area contributed by atoms with E-state index in [0.717, 1.165) is 21.2 Å². The Hall–Kier alpha value is -2.08. The molecule has 0 aromatic heterocycles. The lowest BCUT2D eigenvalue weighted by Gasteiger charge is -2.15. The highest BCUT2D eigenvalue weighted by atomic mass is 79.9. The maximum Gasteiger partial charge on any atom is 0.162 e. The van der Waals surface area contributed by atoms with Crippen LogP contribution in [0.25, 0.3) is 0 Å². The fourth-order valence-corrected chi connectivity index (χ4v) is 3.37. The lowest BCUT2D eigenvalue weighted by atomic mass is 10.1. The summed E-state index contributed by atoms with van der Waals surface area (Å²) in [5, 5.41) is 4.07. The molecule has 0 radical (unpaired) electrons. The Morgan fingerprint density at radius 3 is 2.24 bits per heavy atom. The zero-order chi connectivity index (χ0) is 20.6. The van der Waals surface area contributed by atoms with Gasteiger partial charge in [-0.15, -0.1) is 0 Å². The van der Waals surface area contributed by atoms with Crippen molar-refractivity contribution in [2.75, 3.05) is 6.61 Å². The highest BCUT2D eigenvalue weighted by Gasteiger charge is 2.11. The lowest BCUT2D eigenvalue weighted by Crippen LogP contribution is -2.13. The molecule has 3 aromatic carbocycles. The van der Waals surface area contributed by atoms with Gasteiger partial charge in [-0.25, -0.2) is 4.39 Å². The first kappa shape index (κ1) is 21.6. The fourth-order valence-electron chi connectivity index (χ4n) is 2.78. The number of hydrogen-bond acceptors (Lipinski definition) is 3. The number of rotatable bonds is 9. The molecule has 3 aromatic rings. The summed E-state index contributed by atoms with van der Waals surface area (Å²) < 4.78 is 25.7. The van der Waals surface area contributed by atoms with Crippen molar-refractivity contribution in [1.29, 1.82) is 0 Å². The monoisotopic (exact) mass is 477 g/mol. The van der Waals surface area contributed by atoms with Gasteiger partial charge in [-0.3, -0.25) is 0 Å². The Morgan fingerprint density at radius 1 is 0.897 bits per heavy atom. The summed E-state index contributed by atoms with van der Waals surface area (Å²) in [6.45, 7) is 4.19. The second-order valence-corrected chi connectivity index (χ2v) is 7.76. The molecular weight excluding hydrogens is 457 g/mol. The van der Waals surface area contributed by atoms with E-state index in [1.807, 2.05) is 43.3 Å². The molecule has 0 amide bonds. The van der Waals surface area contributed by atoms with Gasteiger partial charge in [0.1, 0.15) is 12.4 Å². The maximum absolute atomic E-state index is 13.0. The zero-order valence-corrected chi connectivity index (χ0v) is 18.4. The molecule has 3 rings (SSSR count). The van der Waals surface area contributed by atoms with Gasteiger partial charge in [-0.05, 0) is 60.0 Å². The predicted molar refractivity (Wildman–Crippen MR) is 118 cm³/mol. The molecule has 0 saturated heterocycles. The van der Waals surface area contributed by atoms with Crippen molar-refractivity contribution < 1.29 is 13.9 Å². The van der Waals surface area contributed by atoms with Crippen LogP contribution in [-0.2, 0) is 19.7 Å². The number of benzene rings is 3. The molecule has 0 fully saturated rings. The van der Waals surface area contributed by atoms with Gasteiger partial charge in [0.15, 0.2) is 11.5 Å². The normalized spacial score (nSPS) is 10.8. The first-order valence-electron chi connectivity index (χ1n) is 9.32. The molecular formula is C23H22BrClFNO2. The van der Waals surface area contributed by atoms with Gasteiger partial charge in [-0.2, -0.15) is 0 Å². The van der Waals surface area contributed by atoms with Crippen LogP contribution < -0.4 is 14.8 Å². The highest BCUT2D eigenvalue weighted by molar-refractivity contribution is 9.10. The van der Waals surface area contributed by atoms with Crippen LogP contribution in [0.5, 0.6) is 11.5 Å². The van der Waals surface area contributed by atoms with Crippen molar-refractivity contribution in [3.8, 4) is 11.5 Å². The third-order valence-corrected chi connectivity index (χ3v) is 5.27. The van der Waals surface area contributed by atoms with Crippen molar-refractivity contribution in [3.05, 3.63) is 92.7 Å². The van der Waals surface area contributed by atoms with Gasteiger partial charge in [-0.1, -0.05) is 51.8 Å². The van der Waals surface area contributed by atoms with Crippen LogP contribution in [0, 0.1) is 5.82 Å². The average molecular weight is 479 g/mol. The second-order valence-electron chi connectivity index (χ2n) is 6.47. The number of ether oxygens (including phenoxy) is 2. The van der Waals surface area contributed by atoms with Crippen molar-refractivity contribution >= 4 is 27.5 Å². The van der Waals surface area contributed by atoms with E-state index in [4.69, 9.17) is 21.1 Å². The van der Waals surface area contributed by atoms with Gasteiger partial charge in [0.25, 0.3) is 0 Å². The zero-order valence-electron chi connectivity index (χ0n) is 16.1. The highest BCUT2D eigenvalue weighted by Crippen LogP contribution is 2.34. The van der Waals surface area contributed by atoms with Gasteiger partial charge in [0.2, 0.25) is 0 Å². The van der Waals surface area contributed by atoms with Crippen molar-refractivity contribution in [2.45, 2.75) is 26.6 Å². The number of hydrogen-bond donors (Lipinski definition) is 1. The summed E-state index contributed by atoms with van der Waals surface area (Å²) in [7, 11) is 0. The Kier molecular flexibility index (Phi) is 7.92. The van der Waals surface area contributed by atoms with Gasteiger partial charge < -0.3 is 14.8 Å². The van der Waals surface area contributed by atoms with E-state index in [9.17, 15) is 4.39 Å². The first-order chi connectivity index (χ1) is 14.0. The number of nitrogens with one attached hydrogen (secondary N) is 1. The van der Waals surface area contributed by atoms with E-state index in [-0.39, 0.29) is 5.82 Å². The molecule has 152 valence electrons. The Labute approximate surface area is 183 Å². The molecule has 29 heavy (non-hydrogen) atoms. The molecule has 0 heterocycles. The van der Waals surface area contributed by atoms with Crippen LogP contribution >= 0.6 is 27.5 Å². The topological polar surface area (TPSA) is 30.5 Å². The summed E-state index contributed by atoms with van der Waals surface area (Å²) in [6.07, 6.45) is 0. The molecule has 0 bridgehead atoms. The third kappa shape index (κ3) is 6.46. The summed E-state index contributed by atoms with van der Waals surface area (Å²) in [6, 6.07) is 17.9. The molecule has 0 saturated carbocycles. The van der Waals surface area contributed by atoms with E-state index in [1.165, 1.54) is 12.1 Å². The number of halogens is 3. The SMILES string of the molecule is CCOc1cc(CNCc2ccc(F)cc2)c(Br)cc1OCc1ccc(Cl)cc1. The standard InChI is InChI=1S/C23H22BrClFNO2/c1-2-28-22-11-18(14-27-13-16-5-9-20(26)10-6-16)21(24)12-23(22)29-15-17-3-7-19(25)8-4-17/h3-12,27H,2,13-15H2,1H3. The molecule has 0 aliphatic rings. The minimum absolute atomic E-state index is 0.230. The van der Waals surface area contributed by atoms with Gasteiger partial charge in [0, 0.05) is 22.6 Å². The molecule has 1 N–H and O–H groups in total. The predicted octanol–water partition coefficient (Wildman–Crippen LogP) is 6.51. The van der Waals surface area contributed by atoms with E-state index in [0.29, 0.717) is 42.8 Å². The van der Waals surface area contributed by atoms with E-state index in [2.05, 4.69) is 21.2 Å². The Balaban J connectivity index is 1.66. The van der Waals surface area contributed by atoms with Crippen molar-refractivity contribution in [3.63, 3.8) is 0 Å². The molecule has 0 atom stereocenters. The summed E-state index contributed by atoms with van der Waals surface area (Å²) in [5.41, 5.74) is 3.10. The van der Waals surface area contributed by atoms with Crippen LogP contribution in [0.3, 0.4) is 0 Å². The van der Waals surface area contributed by atoms with E-state index in [1.54, 1.807) is 12.1 Å².